The van der Waals surface area contributed by atoms with E-state index in [0.29, 0.717) is 25.2 Å². The Balaban J connectivity index is 5.03. The van der Waals surface area contributed by atoms with Gasteiger partial charge in [-0.2, -0.15) is 0 Å². The molecule has 0 aliphatic carbocycles. The minimum atomic E-state index is -2.96. The molecule has 34 heavy (non-hydrogen) atoms. The zero-order chi connectivity index (χ0) is 26.5. The number of nitrogens with one attached hydrogen (secondary N) is 2. The van der Waals surface area contributed by atoms with Crippen LogP contribution in [0.25, 0.3) is 0 Å². The van der Waals surface area contributed by atoms with Crippen LogP contribution in [0.4, 0.5) is 4.79 Å². The van der Waals surface area contributed by atoms with Gasteiger partial charge in [-0.05, 0) is 83.1 Å². The van der Waals surface area contributed by atoms with E-state index in [1.165, 1.54) is 0 Å². The monoisotopic (exact) mass is 524 g/mol. The van der Waals surface area contributed by atoms with E-state index in [4.69, 9.17) is 26.6 Å². The predicted octanol–water partition coefficient (Wildman–Crippen LogP) is 4.71. The molecular weight excluding hydrogens is 472 g/mol. The quantitative estimate of drug-likeness (QED) is 0.251. The van der Waals surface area contributed by atoms with Gasteiger partial charge in [0.25, 0.3) is 0 Å². The largest absolute Gasteiger partial charge is 0.503 e. The highest BCUT2D eigenvalue weighted by Gasteiger charge is 2.45. The Kier molecular flexibility index (Phi) is 16.0. The molecule has 0 unspecified atom stereocenters. The fourth-order valence-corrected chi connectivity index (χ4v) is 9.61. The van der Waals surface area contributed by atoms with Crippen molar-refractivity contribution in [2.45, 2.75) is 132 Å². The molecule has 0 bridgehead atoms. The number of hydrogen-bond donors (Lipinski definition) is 2. The topological polar surface area (TPSA) is 96.5 Å². The lowest BCUT2D eigenvalue weighted by atomic mass is 10.5. The fourth-order valence-electron chi connectivity index (χ4n) is 3.40. The Morgan fingerprint density at radius 1 is 0.500 bits per heavy atom. The second kappa shape index (κ2) is 16.3. The molecule has 11 heteroatoms. The zero-order valence-electron chi connectivity index (χ0n) is 23.7. The predicted molar refractivity (Wildman–Crippen MR) is 140 cm³/mol. The number of carbonyl (C=O) groups excluding carboxylic acids is 1. The van der Waals surface area contributed by atoms with E-state index >= 15 is 0 Å². The van der Waals surface area contributed by atoms with Gasteiger partial charge in [0.15, 0.2) is 0 Å². The Labute approximate surface area is 210 Å². The molecule has 0 heterocycles. The lowest BCUT2D eigenvalue weighted by Crippen LogP contribution is -2.54. The number of rotatable bonds is 18. The third-order valence-corrected chi connectivity index (χ3v) is 10.6. The molecule has 0 aromatic heterocycles. The van der Waals surface area contributed by atoms with Crippen molar-refractivity contribution in [3.63, 3.8) is 0 Å². The maximum atomic E-state index is 12.5. The molecule has 0 aliphatic heterocycles. The maximum Gasteiger partial charge on any atom is 0.503 e. The van der Waals surface area contributed by atoms with E-state index in [1.54, 1.807) is 0 Å². The van der Waals surface area contributed by atoms with Crippen LogP contribution in [0.3, 0.4) is 0 Å². The van der Waals surface area contributed by atoms with Crippen LogP contribution < -0.4 is 10.6 Å². The highest BCUT2D eigenvalue weighted by Crippen LogP contribution is 2.23. The van der Waals surface area contributed by atoms with Crippen molar-refractivity contribution in [1.29, 1.82) is 0 Å². The lowest BCUT2D eigenvalue weighted by Gasteiger charge is -2.35. The summed E-state index contributed by atoms with van der Waals surface area (Å²) in [5.74, 6) is 0. The molecule has 2 amide bonds. The molecule has 0 rings (SSSR count). The van der Waals surface area contributed by atoms with Crippen LogP contribution in [-0.2, 0) is 26.6 Å². The van der Waals surface area contributed by atoms with Crippen molar-refractivity contribution in [2.75, 3.05) is 13.1 Å². The molecule has 0 aliphatic rings. The second-order valence-electron chi connectivity index (χ2n) is 10.0. The van der Waals surface area contributed by atoms with Gasteiger partial charge in [0, 0.05) is 61.8 Å². The minimum absolute atomic E-state index is 0.0426. The molecule has 0 saturated carbocycles. The third-order valence-electron chi connectivity index (χ3n) is 3.93. The molecule has 0 radical (unpaired) electrons. The third kappa shape index (κ3) is 15.5. The van der Waals surface area contributed by atoms with Crippen LogP contribution in [0.15, 0.2) is 0 Å². The summed E-state index contributed by atoms with van der Waals surface area (Å²) in [5.41, 5.74) is 0. The first-order valence-electron chi connectivity index (χ1n) is 12.7. The van der Waals surface area contributed by atoms with Crippen molar-refractivity contribution >= 4 is 23.6 Å². The van der Waals surface area contributed by atoms with Gasteiger partial charge in [0.2, 0.25) is 0 Å². The summed E-state index contributed by atoms with van der Waals surface area (Å²) in [6.07, 6.45) is -0.256. The second-order valence-corrected chi connectivity index (χ2v) is 15.2. The highest BCUT2D eigenvalue weighted by molar-refractivity contribution is 6.61. The summed E-state index contributed by atoms with van der Waals surface area (Å²) in [7, 11) is -5.93. The number of urea groups is 1. The molecule has 0 fully saturated rings. The first kappa shape index (κ1) is 33.5. The first-order chi connectivity index (χ1) is 15.6. The fraction of sp³-hybridized carbons (Fsp3) is 0.957. The molecule has 0 atom stereocenters. The van der Waals surface area contributed by atoms with Crippen molar-refractivity contribution in [2.24, 2.45) is 0 Å². The Morgan fingerprint density at radius 2 is 0.706 bits per heavy atom. The first-order valence-corrected chi connectivity index (χ1v) is 16.5. The molecular formula is C23H52N2O7Si2. The number of amides is 2. The normalized spacial score (nSPS) is 13.2. The van der Waals surface area contributed by atoms with Crippen molar-refractivity contribution in [3.8, 4) is 0 Å². The van der Waals surface area contributed by atoms with E-state index in [-0.39, 0.29) is 42.7 Å². The van der Waals surface area contributed by atoms with Crippen LogP contribution in [0.1, 0.15) is 83.1 Å². The minimum Gasteiger partial charge on any atom is -0.371 e. The molecule has 0 aromatic carbocycles. The summed E-state index contributed by atoms with van der Waals surface area (Å²) in [4.78, 5) is 12.5. The maximum absolute atomic E-state index is 12.5. The molecule has 0 saturated heterocycles. The van der Waals surface area contributed by atoms with Gasteiger partial charge >= 0.3 is 23.6 Å². The van der Waals surface area contributed by atoms with E-state index in [2.05, 4.69) is 10.6 Å². The molecule has 0 spiro atoms. The standard InChI is InChI=1S/C23H52N2O7Si2/c1-17(2)27-33(28-18(3)4,29-19(5)6)15-13-24-23(26)25-14-16-34(30-20(7)8,31-21(9)10)32-22(11)12/h17-22H,13-16H2,1-12H3,(H2,24,25,26). The summed E-state index contributed by atoms with van der Waals surface area (Å²) < 4.78 is 36.9. The van der Waals surface area contributed by atoms with Crippen LogP contribution in [0.2, 0.25) is 12.1 Å². The van der Waals surface area contributed by atoms with Crippen molar-refractivity contribution in [1.82, 2.24) is 10.6 Å². The lowest BCUT2D eigenvalue weighted by molar-refractivity contribution is 0.00252. The van der Waals surface area contributed by atoms with Gasteiger partial charge in [0.05, 0.1) is 0 Å². The molecule has 9 nitrogen and oxygen atoms in total. The average molecular weight is 525 g/mol. The van der Waals surface area contributed by atoms with Gasteiger partial charge in [-0.15, -0.1) is 0 Å². The van der Waals surface area contributed by atoms with Crippen molar-refractivity contribution in [3.05, 3.63) is 0 Å². The molecule has 204 valence electrons. The van der Waals surface area contributed by atoms with E-state index in [0.717, 1.165) is 0 Å². The number of carbonyl (C=O) groups is 1. The summed E-state index contributed by atoms with van der Waals surface area (Å²) in [5, 5.41) is 5.81. The smallest absolute Gasteiger partial charge is 0.371 e. The molecule has 0 aromatic rings. The average Bonchev–Trinajstić information content (AvgIpc) is 2.57. The van der Waals surface area contributed by atoms with Crippen LogP contribution in [-0.4, -0.2) is 73.4 Å². The SMILES string of the molecule is CC(C)O[Si](CCNC(=O)NCC[Si](OC(C)C)(OC(C)C)OC(C)C)(OC(C)C)OC(C)C. The van der Waals surface area contributed by atoms with Crippen LogP contribution >= 0.6 is 0 Å². The Bertz CT molecular complexity index is 462. The Morgan fingerprint density at radius 3 is 0.882 bits per heavy atom. The zero-order valence-corrected chi connectivity index (χ0v) is 25.7. The number of hydrogen-bond acceptors (Lipinski definition) is 7. The summed E-state index contributed by atoms with van der Waals surface area (Å²) >= 11 is 0. The van der Waals surface area contributed by atoms with Crippen LogP contribution in [0.5, 0.6) is 0 Å². The summed E-state index contributed by atoms with van der Waals surface area (Å²) in [6, 6.07) is 0.691. The van der Waals surface area contributed by atoms with E-state index in [9.17, 15) is 4.79 Å². The van der Waals surface area contributed by atoms with Gasteiger partial charge in [-0.25, -0.2) is 4.79 Å². The molecule has 2 N–H and O–H groups in total. The van der Waals surface area contributed by atoms with E-state index in [1.807, 2.05) is 83.1 Å². The Hall–Kier alpha value is -0.536. The summed E-state index contributed by atoms with van der Waals surface area (Å²) in [6.45, 7) is 24.3. The van der Waals surface area contributed by atoms with Gasteiger partial charge in [0.1, 0.15) is 0 Å². The van der Waals surface area contributed by atoms with E-state index < -0.39 is 17.6 Å². The van der Waals surface area contributed by atoms with Gasteiger partial charge in [-0.3, -0.25) is 0 Å². The highest BCUT2D eigenvalue weighted by atomic mass is 28.4. The van der Waals surface area contributed by atoms with Crippen LogP contribution in [0, 0.1) is 0 Å². The van der Waals surface area contributed by atoms with Crippen molar-refractivity contribution < 1.29 is 31.4 Å². The van der Waals surface area contributed by atoms with Gasteiger partial charge < -0.3 is 37.2 Å². The van der Waals surface area contributed by atoms with Gasteiger partial charge in [-0.1, -0.05) is 0 Å².